The molecule has 1 aromatic carbocycles. The first kappa shape index (κ1) is 25.5. The summed E-state index contributed by atoms with van der Waals surface area (Å²) >= 11 is 0. The fourth-order valence-electron chi connectivity index (χ4n) is 2.19. The van der Waals surface area contributed by atoms with E-state index in [0.717, 1.165) is 6.92 Å². The monoisotopic (exact) mass is 443 g/mol. The maximum atomic E-state index is 12.6. The van der Waals surface area contributed by atoms with E-state index < -0.39 is 47.9 Å². The Morgan fingerprint density at radius 3 is 2.13 bits per heavy atom. The lowest BCUT2D eigenvalue weighted by Gasteiger charge is -2.14. The molecule has 0 heterocycles. The molecule has 0 saturated heterocycles. The zero-order valence-corrected chi connectivity index (χ0v) is 16.7. The summed E-state index contributed by atoms with van der Waals surface area (Å²) in [5, 5.41) is 2.31. The fraction of sp³-hybridized carbons (Fsp3) is 0.350. The summed E-state index contributed by atoms with van der Waals surface area (Å²) in [6.45, 7) is 5.52. The van der Waals surface area contributed by atoms with Crippen molar-refractivity contribution in [1.82, 2.24) is 5.32 Å². The van der Waals surface area contributed by atoms with E-state index in [2.05, 4.69) is 11.9 Å². The highest BCUT2D eigenvalue weighted by Gasteiger charge is 2.45. The number of carbonyl (C=O) groups is 5. The molecular weight excluding hydrogens is 423 g/mol. The number of ether oxygens (including phenoxy) is 2. The van der Waals surface area contributed by atoms with Crippen LogP contribution < -0.4 is 10.1 Å². The number of amides is 1. The summed E-state index contributed by atoms with van der Waals surface area (Å²) < 4.78 is 47.4. The normalized spacial score (nSPS) is 11.8. The lowest BCUT2D eigenvalue weighted by atomic mass is 9.91. The molecule has 0 radical (unpaired) electrons. The van der Waals surface area contributed by atoms with Gasteiger partial charge in [0.1, 0.15) is 18.1 Å². The van der Waals surface area contributed by atoms with Crippen molar-refractivity contribution in [3.05, 3.63) is 42.0 Å². The topological polar surface area (TPSA) is 116 Å². The Bertz CT molecular complexity index is 876. The van der Waals surface area contributed by atoms with Gasteiger partial charge in [-0.15, -0.1) is 0 Å². The molecule has 1 rings (SSSR count). The van der Waals surface area contributed by atoms with Gasteiger partial charge in [0.15, 0.2) is 5.78 Å². The number of rotatable bonds is 10. The van der Waals surface area contributed by atoms with Gasteiger partial charge < -0.3 is 14.8 Å². The maximum absolute atomic E-state index is 12.6. The zero-order valence-electron chi connectivity index (χ0n) is 16.7. The van der Waals surface area contributed by atoms with Crippen LogP contribution >= 0.6 is 0 Å². The Kier molecular flexibility index (Phi) is 9.10. The van der Waals surface area contributed by atoms with E-state index in [0.29, 0.717) is 0 Å². The standard InChI is InChI=1S/C20H20F3NO7/c1-11(2)18(28)30-9-8-24-19(29)31-14-6-4-13(5-7-14)16(26)10-15(12(3)25)17(27)20(21,22)23/h4-7,15H,1,8-10H2,2-3H3,(H,24,29). The molecule has 31 heavy (non-hydrogen) atoms. The fourth-order valence-corrected chi connectivity index (χ4v) is 2.19. The number of carbonyl (C=O) groups excluding carboxylic acids is 5. The van der Waals surface area contributed by atoms with E-state index in [1.807, 2.05) is 0 Å². The number of hydrogen-bond donors (Lipinski definition) is 1. The van der Waals surface area contributed by atoms with E-state index in [1.165, 1.54) is 31.2 Å². The summed E-state index contributed by atoms with van der Waals surface area (Å²) in [5.41, 5.74) is 0.135. The molecule has 1 unspecified atom stereocenters. The molecule has 168 valence electrons. The van der Waals surface area contributed by atoms with E-state index >= 15 is 0 Å². The maximum Gasteiger partial charge on any atom is 0.450 e. The van der Waals surface area contributed by atoms with Gasteiger partial charge in [0.2, 0.25) is 5.78 Å². The average molecular weight is 443 g/mol. The predicted octanol–water partition coefficient (Wildman–Crippen LogP) is 2.80. The van der Waals surface area contributed by atoms with Gasteiger partial charge in [0, 0.05) is 17.6 Å². The second-order valence-electron chi connectivity index (χ2n) is 6.41. The SMILES string of the molecule is C=C(C)C(=O)OCCNC(=O)Oc1ccc(C(=O)CC(C(C)=O)C(=O)C(F)(F)F)cc1. The number of benzene rings is 1. The molecule has 8 nitrogen and oxygen atoms in total. The van der Waals surface area contributed by atoms with E-state index in [1.54, 1.807) is 0 Å². The first-order valence-electron chi connectivity index (χ1n) is 8.86. The van der Waals surface area contributed by atoms with Crippen molar-refractivity contribution < 1.29 is 46.6 Å². The van der Waals surface area contributed by atoms with Crippen LogP contribution in [-0.4, -0.2) is 48.7 Å². The van der Waals surface area contributed by atoms with Crippen LogP contribution in [-0.2, 0) is 19.1 Å². The average Bonchev–Trinajstić information content (AvgIpc) is 2.68. The Morgan fingerprint density at radius 1 is 1.06 bits per heavy atom. The van der Waals surface area contributed by atoms with Crippen molar-refractivity contribution in [3.63, 3.8) is 0 Å². The molecule has 11 heteroatoms. The van der Waals surface area contributed by atoms with Gasteiger partial charge in [-0.05, 0) is 38.1 Å². The molecule has 0 bridgehead atoms. The third-order valence-corrected chi connectivity index (χ3v) is 3.82. The molecule has 1 aromatic rings. The molecule has 1 N–H and O–H groups in total. The third-order valence-electron chi connectivity index (χ3n) is 3.82. The van der Waals surface area contributed by atoms with Gasteiger partial charge in [0.05, 0.1) is 12.5 Å². The number of Topliss-reactive ketones (excluding diaryl/α,β-unsaturated/α-hetero) is 3. The van der Waals surface area contributed by atoms with Gasteiger partial charge >= 0.3 is 18.2 Å². The van der Waals surface area contributed by atoms with Gasteiger partial charge in [-0.3, -0.25) is 14.4 Å². The summed E-state index contributed by atoms with van der Waals surface area (Å²) in [7, 11) is 0. The third kappa shape index (κ3) is 8.41. The van der Waals surface area contributed by atoms with E-state index in [4.69, 9.17) is 9.47 Å². The van der Waals surface area contributed by atoms with Gasteiger partial charge in [-0.1, -0.05) is 6.58 Å². The minimum absolute atomic E-state index is 0.0162. The van der Waals surface area contributed by atoms with Crippen LogP contribution in [0.25, 0.3) is 0 Å². The lowest BCUT2D eigenvalue weighted by Crippen LogP contribution is -2.35. The molecular formula is C20H20F3NO7. The first-order chi connectivity index (χ1) is 14.3. The second-order valence-corrected chi connectivity index (χ2v) is 6.41. The Balaban J connectivity index is 2.62. The first-order valence-corrected chi connectivity index (χ1v) is 8.86. The number of nitrogens with one attached hydrogen (secondary N) is 1. The molecule has 1 amide bonds. The lowest BCUT2D eigenvalue weighted by molar-refractivity contribution is -0.176. The number of halogens is 3. The van der Waals surface area contributed by atoms with Crippen LogP contribution in [0, 0.1) is 5.92 Å². The van der Waals surface area contributed by atoms with Crippen LogP contribution in [0.3, 0.4) is 0 Å². The Hall–Kier alpha value is -3.50. The van der Waals surface area contributed by atoms with Crippen molar-refractivity contribution in [3.8, 4) is 5.75 Å². The Morgan fingerprint density at radius 2 is 1.65 bits per heavy atom. The van der Waals surface area contributed by atoms with Crippen molar-refractivity contribution in [1.29, 1.82) is 0 Å². The molecule has 0 spiro atoms. The summed E-state index contributed by atoms with van der Waals surface area (Å²) in [6, 6.07) is 4.77. The van der Waals surface area contributed by atoms with E-state index in [9.17, 15) is 37.1 Å². The summed E-state index contributed by atoms with van der Waals surface area (Å²) in [6.07, 6.45) is -7.04. The highest BCUT2D eigenvalue weighted by molar-refractivity contribution is 6.09. The zero-order chi connectivity index (χ0) is 23.8. The highest BCUT2D eigenvalue weighted by atomic mass is 19.4. The van der Waals surface area contributed by atoms with Gasteiger partial charge in [-0.2, -0.15) is 13.2 Å². The van der Waals surface area contributed by atoms with Crippen molar-refractivity contribution >= 4 is 29.4 Å². The second kappa shape index (κ2) is 11.0. The molecule has 0 fully saturated rings. The predicted molar refractivity (Wildman–Crippen MR) is 100 cm³/mol. The van der Waals surface area contributed by atoms with Crippen LogP contribution in [0.5, 0.6) is 5.75 Å². The minimum Gasteiger partial charge on any atom is -0.460 e. The molecule has 0 aliphatic rings. The van der Waals surface area contributed by atoms with Crippen LogP contribution in [0.4, 0.5) is 18.0 Å². The van der Waals surface area contributed by atoms with E-state index in [-0.39, 0.29) is 30.0 Å². The van der Waals surface area contributed by atoms with Crippen molar-refractivity contribution in [2.24, 2.45) is 5.92 Å². The quantitative estimate of drug-likeness (QED) is 0.194. The molecule has 0 aromatic heterocycles. The minimum atomic E-state index is -5.23. The number of hydrogen-bond acceptors (Lipinski definition) is 7. The highest BCUT2D eigenvalue weighted by Crippen LogP contribution is 2.25. The Labute approximate surface area is 175 Å². The summed E-state index contributed by atoms with van der Waals surface area (Å²) in [4.78, 5) is 57.7. The number of esters is 1. The van der Waals surface area contributed by atoms with Crippen molar-refractivity contribution in [2.75, 3.05) is 13.2 Å². The molecule has 0 aliphatic heterocycles. The smallest absolute Gasteiger partial charge is 0.450 e. The van der Waals surface area contributed by atoms with Crippen LogP contribution in [0.2, 0.25) is 0 Å². The van der Waals surface area contributed by atoms with Crippen LogP contribution in [0.15, 0.2) is 36.4 Å². The number of ketones is 3. The van der Waals surface area contributed by atoms with Crippen molar-refractivity contribution in [2.45, 2.75) is 26.4 Å². The van der Waals surface area contributed by atoms with Gasteiger partial charge in [0.25, 0.3) is 0 Å². The number of alkyl halides is 3. The largest absolute Gasteiger partial charge is 0.460 e. The van der Waals surface area contributed by atoms with Crippen LogP contribution in [0.1, 0.15) is 30.6 Å². The summed E-state index contributed by atoms with van der Waals surface area (Å²) in [5.74, 6) is -6.91. The molecule has 1 atom stereocenters. The molecule has 0 saturated carbocycles. The van der Waals surface area contributed by atoms with Gasteiger partial charge in [-0.25, -0.2) is 9.59 Å². The molecule has 0 aliphatic carbocycles.